The van der Waals surface area contributed by atoms with Crippen molar-refractivity contribution >= 4 is 18.1 Å². The molecular weight excluding hydrogens is 358 g/mol. The van der Waals surface area contributed by atoms with Gasteiger partial charge in [-0.15, -0.1) is 0 Å². The Morgan fingerprint density at radius 2 is 1.69 bits per heavy atom. The van der Waals surface area contributed by atoms with Gasteiger partial charge in [0.25, 0.3) is 0 Å². The highest BCUT2D eigenvalue weighted by molar-refractivity contribution is 5.78. The van der Waals surface area contributed by atoms with E-state index in [2.05, 4.69) is 85.9 Å². The lowest BCUT2D eigenvalue weighted by Gasteiger charge is -2.11. The van der Waals surface area contributed by atoms with Gasteiger partial charge < -0.3 is 10.4 Å². The summed E-state index contributed by atoms with van der Waals surface area (Å²) >= 11 is 0. The zero-order valence-corrected chi connectivity index (χ0v) is 17.1. The van der Waals surface area contributed by atoms with Crippen molar-refractivity contribution in [1.82, 2.24) is 5.32 Å². The fourth-order valence-corrected chi connectivity index (χ4v) is 3.34. The Bertz CT molecular complexity index is 1020. The lowest BCUT2D eigenvalue weighted by atomic mass is 9.95. The maximum Gasteiger partial charge on any atom is 0.320 e. The molecule has 0 aliphatic carbocycles. The standard InChI is InChI=1S/C26H27NO2/c1-18-16-21(17-27-20(3)26(28)29)12-13-22(18)14-15-23-10-7-11-25(19(23)2)24-8-5-4-6-9-24/h4-16,20,27H,17H2,1-3H3,(H,28,29)/b15-14+. The third kappa shape index (κ3) is 5.21. The lowest BCUT2D eigenvalue weighted by Crippen LogP contribution is -2.33. The van der Waals surface area contributed by atoms with Gasteiger partial charge in [-0.2, -0.15) is 0 Å². The Balaban J connectivity index is 1.77. The van der Waals surface area contributed by atoms with E-state index in [9.17, 15) is 4.79 Å². The molecule has 0 spiro atoms. The Labute approximate surface area is 172 Å². The summed E-state index contributed by atoms with van der Waals surface area (Å²) in [4.78, 5) is 10.9. The van der Waals surface area contributed by atoms with E-state index >= 15 is 0 Å². The molecule has 0 bridgehead atoms. The Kier molecular flexibility index (Phi) is 6.63. The number of carboxylic acids is 1. The van der Waals surface area contributed by atoms with Gasteiger partial charge in [0.05, 0.1) is 0 Å². The highest BCUT2D eigenvalue weighted by atomic mass is 16.4. The Hall–Kier alpha value is -3.17. The number of hydrogen-bond acceptors (Lipinski definition) is 2. The van der Waals surface area contributed by atoms with Crippen LogP contribution in [-0.2, 0) is 11.3 Å². The maximum absolute atomic E-state index is 10.9. The van der Waals surface area contributed by atoms with Gasteiger partial charge in [-0.1, -0.05) is 78.9 Å². The second-order valence-corrected chi connectivity index (χ2v) is 7.35. The molecule has 3 rings (SSSR count). The molecule has 2 N–H and O–H groups in total. The van der Waals surface area contributed by atoms with Crippen LogP contribution in [0, 0.1) is 13.8 Å². The van der Waals surface area contributed by atoms with Gasteiger partial charge in [0.1, 0.15) is 6.04 Å². The first-order valence-corrected chi connectivity index (χ1v) is 9.84. The first-order valence-electron chi connectivity index (χ1n) is 9.84. The quantitative estimate of drug-likeness (QED) is 0.513. The van der Waals surface area contributed by atoms with E-state index < -0.39 is 12.0 Å². The van der Waals surface area contributed by atoms with E-state index in [-0.39, 0.29) is 0 Å². The van der Waals surface area contributed by atoms with E-state index in [4.69, 9.17) is 5.11 Å². The summed E-state index contributed by atoms with van der Waals surface area (Å²) in [6.45, 7) is 6.43. The fraction of sp³-hybridized carbons (Fsp3) is 0.192. The number of aliphatic carboxylic acids is 1. The molecule has 148 valence electrons. The Morgan fingerprint density at radius 3 is 2.38 bits per heavy atom. The third-order valence-corrected chi connectivity index (χ3v) is 5.22. The molecule has 0 saturated heterocycles. The van der Waals surface area contributed by atoms with Crippen molar-refractivity contribution in [1.29, 1.82) is 0 Å². The van der Waals surface area contributed by atoms with Gasteiger partial charge >= 0.3 is 5.97 Å². The summed E-state index contributed by atoms with van der Waals surface area (Å²) in [7, 11) is 0. The number of aryl methyl sites for hydroxylation is 1. The van der Waals surface area contributed by atoms with Crippen molar-refractivity contribution < 1.29 is 9.90 Å². The van der Waals surface area contributed by atoms with Gasteiger partial charge in [-0.05, 0) is 59.7 Å². The van der Waals surface area contributed by atoms with E-state index in [0.29, 0.717) is 6.54 Å². The largest absolute Gasteiger partial charge is 0.480 e. The molecule has 3 aromatic rings. The van der Waals surface area contributed by atoms with Crippen molar-refractivity contribution in [2.75, 3.05) is 0 Å². The van der Waals surface area contributed by atoms with Crippen LogP contribution in [0.5, 0.6) is 0 Å². The topological polar surface area (TPSA) is 49.3 Å². The summed E-state index contributed by atoms with van der Waals surface area (Å²) in [6, 6.07) is 22.5. The smallest absolute Gasteiger partial charge is 0.320 e. The molecule has 29 heavy (non-hydrogen) atoms. The van der Waals surface area contributed by atoms with Crippen LogP contribution in [0.2, 0.25) is 0 Å². The highest BCUT2D eigenvalue weighted by Gasteiger charge is 2.09. The normalized spacial score (nSPS) is 12.2. The zero-order valence-electron chi connectivity index (χ0n) is 17.1. The summed E-state index contributed by atoms with van der Waals surface area (Å²) < 4.78 is 0. The van der Waals surface area contributed by atoms with E-state index in [1.54, 1.807) is 6.92 Å². The Morgan fingerprint density at radius 1 is 0.966 bits per heavy atom. The van der Waals surface area contributed by atoms with Crippen LogP contribution >= 0.6 is 0 Å². The average Bonchev–Trinajstić information content (AvgIpc) is 2.72. The maximum atomic E-state index is 10.9. The molecule has 1 unspecified atom stereocenters. The highest BCUT2D eigenvalue weighted by Crippen LogP contribution is 2.27. The van der Waals surface area contributed by atoms with Gasteiger partial charge in [0, 0.05) is 6.54 Å². The minimum atomic E-state index is -0.839. The van der Waals surface area contributed by atoms with Crippen molar-refractivity contribution in [2.24, 2.45) is 0 Å². The number of carbonyl (C=O) groups is 1. The van der Waals surface area contributed by atoms with Crippen LogP contribution < -0.4 is 5.32 Å². The van der Waals surface area contributed by atoms with Crippen LogP contribution in [-0.4, -0.2) is 17.1 Å². The molecule has 0 aliphatic heterocycles. The molecule has 3 nitrogen and oxygen atoms in total. The van der Waals surface area contributed by atoms with Gasteiger partial charge in [0.15, 0.2) is 0 Å². The van der Waals surface area contributed by atoms with E-state index in [1.807, 2.05) is 12.1 Å². The fourth-order valence-electron chi connectivity index (χ4n) is 3.34. The third-order valence-electron chi connectivity index (χ3n) is 5.22. The summed E-state index contributed by atoms with van der Waals surface area (Å²) in [5.41, 5.74) is 8.34. The minimum absolute atomic E-state index is 0.538. The number of rotatable bonds is 7. The summed E-state index contributed by atoms with van der Waals surface area (Å²) in [5.74, 6) is -0.839. The molecule has 0 aromatic heterocycles. The molecular formula is C26H27NO2. The molecule has 3 heteroatoms. The van der Waals surface area contributed by atoms with Gasteiger partial charge in [-0.25, -0.2) is 0 Å². The first kappa shape index (κ1) is 20.6. The van der Waals surface area contributed by atoms with Crippen LogP contribution in [0.3, 0.4) is 0 Å². The van der Waals surface area contributed by atoms with Crippen molar-refractivity contribution in [2.45, 2.75) is 33.4 Å². The average molecular weight is 386 g/mol. The number of carboxylic acid groups (broad SMARTS) is 1. The second kappa shape index (κ2) is 9.35. The summed E-state index contributed by atoms with van der Waals surface area (Å²) in [6.07, 6.45) is 4.30. The zero-order chi connectivity index (χ0) is 20.8. The van der Waals surface area contributed by atoms with Crippen molar-refractivity contribution in [3.63, 3.8) is 0 Å². The van der Waals surface area contributed by atoms with Gasteiger partial charge in [0.2, 0.25) is 0 Å². The molecule has 0 saturated carbocycles. The van der Waals surface area contributed by atoms with Crippen LogP contribution in [0.1, 0.15) is 34.7 Å². The van der Waals surface area contributed by atoms with Crippen LogP contribution in [0.25, 0.3) is 23.3 Å². The molecule has 1 atom stereocenters. The monoisotopic (exact) mass is 385 g/mol. The van der Waals surface area contributed by atoms with Crippen molar-refractivity contribution in [3.8, 4) is 11.1 Å². The molecule has 0 amide bonds. The van der Waals surface area contributed by atoms with Crippen LogP contribution in [0.4, 0.5) is 0 Å². The van der Waals surface area contributed by atoms with Gasteiger partial charge in [-0.3, -0.25) is 4.79 Å². The molecule has 3 aromatic carbocycles. The first-order chi connectivity index (χ1) is 14.0. The number of benzene rings is 3. The van der Waals surface area contributed by atoms with Crippen LogP contribution in [0.15, 0.2) is 66.7 Å². The molecule has 0 aliphatic rings. The predicted octanol–water partition coefficient (Wildman–Crippen LogP) is 5.70. The molecule has 0 radical (unpaired) electrons. The van der Waals surface area contributed by atoms with E-state index in [0.717, 1.165) is 11.1 Å². The molecule has 0 heterocycles. The summed E-state index contributed by atoms with van der Waals surface area (Å²) in [5, 5.41) is 12.0. The second-order valence-electron chi connectivity index (χ2n) is 7.35. The number of hydrogen-bond donors (Lipinski definition) is 2. The lowest BCUT2D eigenvalue weighted by molar-refractivity contribution is -0.139. The SMILES string of the molecule is Cc1cc(CNC(C)C(=O)O)ccc1/C=C/c1cccc(-c2ccccc2)c1C. The minimum Gasteiger partial charge on any atom is -0.480 e. The predicted molar refractivity (Wildman–Crippen MR) is 121 cm³/mol. The van der Waals surface area contributed by atoms with E-state index in [1.165, 1.54) is 27.8 Å². The van der Waals surface area contributed by atoms with Crippen molar-refractivity contribution in [3.05, 3.63) is 94.5 Å². The molecule has 0 fully saturated rings. The number of nitrogens with one attached hydrogen (secondary N) is 1.